The zero-order chi connectivity index (χ0) is 7.84. The maximum absolute atomic E-state index is 5.57. The van der Waals surface area contributed by atoms with Gasteiger partial charge in [0.1, 0.15) is 0 Å². The average molecular weight is 155 g/mol. The van der Waals surface area contributed by atoms with E-state index in [0.717, 1.165) is 12.8 Å². The highest BCUT2D eigenvalue weighted by Crippen LogP contribution is 2.35. The molecule has 2 bridgehead atoms. The number of nitrogens with zero attached hydrogens (tertiary/aromatic N) is 1. The number of rotatable bonds is 1. The highest BCUT2D eigenvalue weighted by molar-refractivity contribution is 5.75. The van der Waals surface area contributed by atoms with Crippen molar-refractivity contribution in [2.24, 2.45) is 16.5 Å². The molecule has 0 spiro atoms. The molecule has 3 atom stereocenters. The third-order valence-electron chi connectivity index (χ3n) is 2.39. The smallest absolute Gasteiger partial charge is 0.186 e. The van der Waals surface area contributed by atoms with Crippen LogP contribution in [0.1, 0.15) is 19.3 Å². The summed E-state index contributed by atoms with van der Waals surface area (Å²) < 4.78 is 5.57. The minimum Gasteiger partial charge on any atom is -0.373 e. The fourth-order valence-electron chi connectivity index (χ4n) is 1.94. The van der Waals surface area contributed by atoms with Crippen molar-refractivity contribution in [1.29, 1.82) is 0 Å². The van der Waals surface area contributed by atoms with Crippen molar-refractivity contribution in [3.8, 4) is 0 Å². The SMILES string of the molecule is NC(N)=NC1CC2CCC1O2. The van der Waals surface area contributed by atoms with E-state index in [-0.39, 0.29) is 12.0 Å². The highest BCUT2D eigenvalue weighted by atomic mass is 16.5. The van der Waals surface area contributed by atoms with Crippen LogP contribution in [0, 0.1) is 0 Å². The van der Waals surface area contributed by atoms with Crippen LogP contribution in [-0.2, 0) is 4.74 Å². The van der Waals surface area contributed by atoms with Crippen molar-refractivity contribution in [3.05, 3.63) is 0 Å². The van der Waals surface area contributed by atoms with Gasteiger partial charge in [0.05, 0.1) is 18.2 Å². The lowest BCUT2D eigenvalue weighted by Crippen LogP contribution is -2.29. The molecule has 2 saturated heterocycles. The number of ether oxygens (including phenoxy) is 1. The molecule has 2 heterocycles. The van der Waals surface area contributed by atoms with Gasteiger partial charge in [-0.1, -0.05) is 0 Å². The fraction of sp³-hybridized carbons (Fsp3) is 0.857. The molecule has 4 heteroatoms. The fourth-order valence-corrected chi connectivity index (χ4v) is 1.94. The van der Waals surface area contributed by atoms with Gasteiger partial charge in [0, 0.05) is 0 Å². The lowest BCUT2D eigenvalue weighted by Gasteiger charge is -2.13. The molecule has 0 radical (unpaired) electrons. The molecule has 0 aromatic heterocycles. The lowest BCUT2D eigenvalue weighted by atomic mass is 9.96. The van der Waals surface area contributed by atoms with Gasteiger partial charge >= 0.3 is 0 Å². The monoisotopic (exact) mass is 155 g/mol. The highest BCUT2D eigenvalue weighted by Gasteiger charge is 2.40. The summed E-state index contributed by atoms with van der Waals surface area (Å²) in [5.74, 6) is 0.186. The Bertz CT molecular complexity index is 188. The Morgan fingerprint density at radius 3 is 2.64 bits per heavy atom. The van der Waals surface area contributed by atoms with Gasteiger partial charge in [0.15, 0.2) is 5.96 Å². The summed E-state index contributed by atoms with van der Waals surface area (Å²) in [5, 5.41) is 0. The molecule has 0 saturated carbocycles. The molecule has 4 nitrogen and oxygen atoms in total. The van der Waals surface area contributed by atoms with Crippen molar-refractivity contribution in [2.45, 2.75) is 37.5 Å². The molecule has 3 unspecified atom stereocenters. The summed E-state index contributed by atoms with van der Waals surface area (Å²) in [5.41, 5.74) is 10.6. The summed E-state index contributed by atoms with van der Waals surface area (Å²) in [6.07, 6.45) is 4.02. The van der Waals surface area contributed by atoms with E-state index >= 15 is 0 Å². The van der Waals surface area contributed by atoms with E-state index < -0.39 is 0 Å². The Kier molecular flexibility index (Phi) is 1.49. The predicted molar refractivity (Wildman–Crippen MR) is 42.1 cm³/mol. The first-order chi connectivity index (χ1) is 5.25. The van der Waals surface area contributed by atoms with Crippen LogP contribution < -0.4 is 11.5 Å². The zero-order valence-electron chi connectivity index (χ0n) is 6.36. The largest absolute Gasteiger partial charge is 0.373 e. The molecular formula is C7H13N3O. The number of hydrogen-bond donors (Lipinski definition) is 2. The number of hydrogen-bond acceptors (Lipinski definition) is 2. The Balaban J connectivity index is 2.03. The molecule has 2 aliphatic heterocycles. The van der Waals surface area contributed by atoms with E-state index in [2.05, 4.69) is 4.99 Å². The van der Waals surface area contributed by atoms with Crippen LogP contribution in [0.25, 0.3) is 0 Å². The second kappa shape index (κ2) is 2.37. The number of guanidine groups is 1. The minimum absolute atomic E-state index is 0.186. The molecule has 0 aromatic rings. The Morgan fingerprint density at radius 1 is 1.36 bits per heavy atom. The standard InChI is InChI=1S/C7H13N3O/c8-7(9)10-5-3-4-1-2-6(5)11-4/h4-6H,1-3H2,(H4,8,9,10). The Morgan fingerprint density at radius 2 is 2.18 bits per heavy atom. The molecule has 2 aliphatic rings. The average Bonchev–Trinajstić information content (AvgIpc) is 2.45. The summed E-state index contributed by atoms with van der Waals surface area (Å²) >= 11 is 0. The third-order valence-corrected chi connectivity index (χ3v) is 2.39. The summed E-state index contributed by atoms with van der Waals surface area (Å²) in [4.78, 5) is 4.11. The van der Waals surface area contributed by atoms with E-state index in [9.17, 15) is 0 Å². The van der Waals surface area contributed by atoms with Crippen LogP contribution in [0.2, 0.25) is 0 Å². The molecule has 4 N–H and O–H groups in total. The van der Waals surface area contributed by atoms with E-state index in [1.54, 1.807) is 0 Å². The Hall–Kier alpha value is -0.770. The number of aliphatic imine (C=N–C) groups is 1. The van der Waals surface area contributed by atoms with Crippen molar-refractivity contribution in [3.63, 3.8) is 0 Å². The summed E-state index contributed by atoms with van der Waals surface area (Å²) in [7, 11) is 0. The van der Waals surface area contributed by atoms with Gasteiger partial charge in [-0.3, -0.25) is 0 Å². The zero-order valence-corrected chi connectivity index (χ0v) is 6.36. The molecule has 11 heavy (non-hydrogen) atoms. The first kappa shape index (κ1) is 6.91. The number of fused-ring (bicyclic) bond motifs is 2. The van der Waals surface area contributed by atoms with Crippen LogP contribution >= 0.6 is 0 Å². The van der Waals surface area contributed by atoms with Crippen molar-refractivity contribution in [1.82, 2.24) is 0 Å². The van der Waals surface area contributed by atoms with E-state index in [4.69, 9.17) is 16.2 Å². The molecule has 2 fully saturated rings. The molecular weight excluding hydrogens is 142 g/mol. The van der Waals surface area contributed by atoms with Gasteiger partial charge in [-0.2, -0.15) is 0 Å². The van der Waals surface area contributed by atoms with E-state index in [1.807, 2.05) is 0 Å². The molecule has 0 amide bonds. The first-order valence-corrected chi connectivity index (χ1v) is 4.00. The quantitative estimate of drug-likeness (QED) is 0.399. The maximum Gasteiger partial charge on any atom is 0.186 e. The van der Waals surface area contributed by atoms with Gasteiger partial charge in [0.2, 0.25) is 0 Å². The number of nitrogens with two attached hydrogens (primary N) is 2. The Labute approximate surface area is 65.6 Å². The summed E-state index contributed by atoms with van der Waals surface area (Å²) in [6.45, 7) is 0. The summed E-state index contributed by atoms with van der Waals surface area (Å²) in [6, 6.07) is 0.235. The van der Waals surface area contributed by atoms with Gasteiger partial charge in [-0.15, -0.1) is 0 Å². The van der Waals surface area contributed by atoms with Crippen molar-refractivity contribution >= 4 is 5.96 Å². The third kappa shape index (κ3) is 1.18. The van der Waals surface area contributed by atoms with E-state index in [0.29, 0.717) is 12.2 Å². The van der Waals surface area contributed by atoms with Crippen LogP contribution in [0.15, 0.2) is 4.99 Å². The molecule has 0 aliphatic carbocycles. The molecule has 2 rings (SSSR count). The van der Waals surface area contributed by atoms with Crippen LogP contribution in [0.3, 0.4) is 0 Å². The molecule has 0 aromatic carbocycles. The van der Waals surface area contributed by atoms with Crippen molar-refractivity contribution < 1.29 is 4.74 Å². The topological polar surface area (TPSA) is 73.6 Å². The van der Waals surface area contributed by atoms with E-state index in [1.165, 1.54) is 6.42 Å². The first-order valence-electron chi connectivity index (χ1n) is 4.00. The van der Waals surface area contributed by atoms with Crippen LogP contribution in [0.5, 0.6) is 0 Å². The van der Waals surface area contributed by atoms with Gasteiger partial charge in [0.25, 0.3) is 0 Å². The molecule has 62 valence electrons. The maximum atomic E-state index is 5.57. The second-order valence-electron chi connectivity index (χ2n) is 3.23. The van der Waals surface area contributed by atoms with Crippen LogP contribution in [0.4, 0.5) is 0 Å². The van der Waals surface area contributed by atoms with Crippen molar-refractivity contribution in [2.75, 3.05) is 0 Å². The predicted octanol–water partition coefficient (Wildman–Crippen LogP) is -0.420. The van der Waals surface area contributed by atoms with Gasteiger partial charge < -0.3 is 16.2 Å². The normalized spacial score (nSPS) is 40.9. The minimum atomic E-state index is 0.186. The lowest BCUT2D eigenvalue weighted by molar-refractivity contribution is 0.101. The van der Waals surface area contributed by atoms with Gasteiger partial charge in [-0.25, -0.2) is 4.99 Å². The second-order valence-corrected chi connectivity index (χ2v) is 3.23. The van der Waals surface area contributed by atoms with Gasteiger partial charge in [-0.05, 0) is 19.3 Å². The van der Waals surface area contributed by atoms with Crippen LogP contribution in [-0.4, -0.2) is 24.2 Å².